The maximum absolute atomic E-state index is 13.4. The molecule has 144 valence electrons. The second-order valence-corrected chi connectivity index (χ2v) is 6.92. The molecular formula is C24H19FN2O2. The average Bonchev–Trinajstić information content (AvgIpc) is 2.73. The van der Waals surface area contributed by atoms with E-state index in [4.69, 9.17) is 4.98 Å². The quantitative estimate of drug-likeness (QED) is 0.501. The first-order valence-electron chi connectivity index (χ1n) is 9.20. The van der Waals surface area contributed by atoms with E-state index < -0.39 is 5.97 Å². The van der Waals surface area contributed by atoms with Gasteiger partial charge in [0.25, 0.3) is 0 Å². The van der Waals surface area contributed by atoms with Crippen molar-refractivity contribution in [3.63, 3.8) is 0 Å². The first kappa shape index (κ1) is 18.6. The van der Waals surface area contributed by atoms with Crippen molar-refractivity contribution >= 4 is 22.6 Å². The number of aromatic carboxylic acids is 1. The van der Waals surface area contributed by atoms with Crippen molar-refractivity contribution in [2.75, 3.05) is 11.9 Å². The molecule has 0 spiro atoms. The Morgan fingerprint density at radius 2 is 1.72 bits per heavy atom. The van der Waals surface area contributed by atoms with Crippen LogP contribution in [0.4, 0.5) is 10.1 Å². The number of carbonyl (C=O) groups is 1. The lowest BCUT2D eigenvalue weighted by atomic mass is 10.0. The number of aromatic nitrogens is 1. The van der Waals surface area contributed by atoms with E-state index in [1.165, 1.54) is 12.1 Å². The third-order valence-electron chi connectivity index (χ3n) is 4.83. The third kappa shape index (κ3) is 3.94. The van der Waals surface area contributed by atoms with Gasteiger partial charge in [-0.25, -0.2) is 14.2 Å². The van der Waals surface area contributed by atoms with Crippen LogP contribution >= 0.6 is 0 Å². The van der Waals surface area contributed by atoms with Crippen LogP contribution in [0.2, 0.25) is 0 Å². The Hall–Kier alpha value is -3.73. The fourth-order valence-electron chi connectivity index (χ4n) is 3.35. The van der Waals surface area contributed by atoms with Gasteiger partial charge in [0, 0.05) is 24.5 Å². The zero-order valence-electron chi connectivity index (χ0n) is 15.8. The van der Waals surface area contributed by atoms with Crippen LogP contribution in [0.1, 0.15) is 15.9 Å². The second kappa shape index (κ2) is 7.72. The first-order chi connectivity index (χ1) is 14.0. The Kier molecular flexibility index (Phi) is 4.96. The van der Waals surface area contributed by atoms with Crippen LogP contribution in [0.3, 0.4) is 0 Å². The normalized spacial score (nSPS) is 10.8. The van der Waals surface area contributed by atoms with Crippen LogP contribution in [-0.4, -0.2) is 23.1 Å². The van der Waals surface area contributed by atoms with Gasteiger partial charge in [-0.15, -0.1) is 0 Å². The molecule has 0 saturated carbocycles. The number of hydrogen-bond donors (Lipinski definition) is 1. The van der Waals surface area contributed by atoms with Gasteiger partial charge in [0.05, 0.1) is 22.5 Å². The lowest BCUT2D eigenvalue weighted by Gasteiger charge is -2.23. The van der Waals surface area contributed by atoms with E-state index in [1.54, 1.807) is 30.3 Å². The van der Waals surface area contributed by atoms with Crippen LogP contribution < -0.4 is 4.90 Å². The van der Waals surface area contributed by atoms with Gasteiger partial charge in [-0.2, -0.15) is 0 Å². The Labute approximate surface area is 167 Å². The van der Waals surface area contributed by atoms with Gasteiger partial charge in [0.1, 0.15) is 5.82 Å². The van der Waals surface area contributed by atoms with Gasteiger partial charge in [0.2, 0.25) is 0 Å². The van der Waals surface area contributed by atoms with Crippen molar-refractivity contribution in [3.05, 3.63) is 95.8 Å². The number of hydrogen-bond acceptors (Lipinski definition) is 3. The minimum atomic E-state index is -0.978. The molecule has 4 nitrogen and oxygen atoms in total. The molecular weight excluding hydrogens is 367 g/mol. The number of anilines is 1. The minimum Gasteiger partial charge on any atom is -0.478 e. The summed E-state index contributed by atoms with van der Waals surface area (Å²) in [6.07, 6.45) is 0. The molecule has 1 aromatic heterocycles. The zero-order chi connectivity index (χ0) is 20.4. The highest BCUT2D eigenvalue weighted by Crippen LogP contribution is 2.33. The molecule has 0 aliphatic heterocycles. The Bertz CT molecular complexity index is 1170. The van der Waals surface area contributed by atoms with E-state index in [0.717, 1.165) is 27.9 Å². The molecule has 0 fully saturated rings. The van der Waals surface area contributed by atoms with Crippen LogP contribution in [0.5, 0.6) is 0 Å². The number of halogens is 1. The number of benzene rings is 3. The van der Waals surface area contributed by atoms with Crippen LogP contribution in [-0.2, 0) is 6.54 Å². The van der Waals surface area contributed by atoms with Crippen LogP contribution in [0.25, 0.3) is 22.2 Å². The van der Waals surface area contributed by atoms with E-state index in [1.807, 2.05) is 43.4 Å². The Balaban J connectivity index is 1.86. The van der Waals surface area contributed by atoms with E-state index in [2.05, 4.69) is 4.90 Å². The van der Waals surface area contributed by atoms with Crippen molar-refractivity contribution in [1.29, 1.82) is 0 Å². The molecule has 4 rings (SSSR count). The van der Waals surface area contributed by atoms with Crippen molar-refractivity contribution in [2.45, 2.75) is 6.54 Å². The molecule has 0 radical (unpaired) electrons. The first-order valence-corrected chi connectivity index (χ1v) is 9.20. The topological polar surface area (TPSA) is 53.4 Å². The van der Waals surface area contributed by atoms with E-state index in [-0.39, 0.29) is 11.4 Å². The molecule has 0 aliphatic carbocycles. The van der Waals surface area contributed by atoms with E-state index in [9.17, 15) is 14.3 Å². The molecule has 0 aliphatic rings. The summed E-state index contributed by atoms with van der Waals surface area (Å²) >= 11 is 0. The number of rotatable bonds is 5. The second-order valence-electron chi connectivity index (χ2n) is 6.92. The molecule has 0 amide bonds. The molecule has 0 atom stereocenters. The van der Waals surface area contributed by atoms with Gasteiger partial charge in [-0.1, -0.05) is 30.3 Å². The van der Waals surface area contributed by atoms with Gasteiger partial charge >= 0.3 is 5.97 Å². The molecule has 1 heterocycles. The Morgan fingerprint density at radius 1 is 1.00 bits per heavy atom. The summed E-state index contributed by atoms with van der Waals surface area (Å²) in [6, 6.07) is 23.1. The third-order valence-corrected chi connectivity index (χ3v) is 4.83. The summed E-state index contributed by atoms with van der Waals surface area (Å²) in [5.74, 6) is -1.28. The summed E-state index contributed by atoms with van der Waals surface area (Å²) in [5, 5.41) is 10.1. The standard InChI is InChI=1S/C24H19FN2O2/c1-27(15-16-5-3-2-4-6-16)22-14-19-13-18(24(28)29)9-12-21(19)26-23(22)17-7-10-20(25)11-8-17/h2-14H,15H2,1H3,(H,28,29). The highest BCUT2D eigenvalue weighted by molar-refractivity contribution is 5.96. The molecule has 5 heteroatoms. The maximum Gasteiger partial charge on any atom is 0.335 e. The monoisotopic (exact) mass is 386 g/mol. The van der Waals surface area contributed by atoms with Crippen LogP contribution in [0, 0.1) is 5.82 Å². The molecule has 3 aromatic carbocycles. The number of pyridine rings is 1. The summed E-state index contributed by atoms with van der Waals surface area (Å²) in [6.45, 7) is 0.654. The maximum atomic E-state index is 13.4. The summed E-state index contributed by atoms with van der Waals surface area (Å²) < 4.78 is 13.4. The highest BCUT2D eigenvalue weighted by atomic mass is 19.1. The minimum absolute atomic E-state index is 0.213. The average molecular weight is 386 g/mol. The molecule has 0 saturated heterocycles. The number of fused-ring (bicyclic) bond motifs is 1. The fraction of sp³-hybridized carbons (Fsp3) is 0.0833. The van der Waals surface area contributed by atoms with Gasteiger partial charge < -0.3 is 10.0 Å². The highest BCUT2D eigenvalue weighted by Gasteiger charge is 2.15. The molecule has 1 N–H and O–H groups in total. The van der Waals surface area contributed by atoms with E-state index >= 15 is 0 Å². The lowest BCUT2D eigenvalue weighted by Crippen LogP contribution is -2.17. The summed E-state index contributed by atoms with van der Waals surface area (Å²) in [7, 11) is 1.96. The largest absolute Gasteiger partial charge is 0.478 e. The van der Waals surface area contributed by atoms with Crippen molar-refractivity contribution < 1.29 is 14.3 Å². The summed E-state index contributed by atoms with van der Waals surface area (Å²) in [5.41, 5.74) is 4.40. The predicted molar refractivity (Wildman–Crippen MR) is 113 cm³/mol. The smallest absolute Gasteiger partial charge is 0.335 e. The number of carboxylic acid groups (broad SMARTS) is 1. The van der Waals surface area contributed by atoms with E-state index in [0.29, 0.717) is 12.1 Å². The molecule has 0 bridgehead atoms. The number of carboxylic acids is 1. The molecule has 0 unspecified atom stereocenters. The van der Waals surface area contributed by atoms with Crippen LogP contribution in [0.15, 0.2) is 78.9 Å². The van der Waals surface area contributed by atoms with Gasteiger partial charge in [-0.3, -0.25) is 0 Å². The zero-order valence-corrected chi connectivity index (χ0v) is 15.8. The number of nitrogens with zero attached hydrogens (tertiary/aromatic N) is 2. The molecule has 4 aromatic rings. The summed E-state index contributed by atoms with van der Waals surface area (Å²) in [4.78, 5) is 18.2. The van der Waals surface area contributed by atoms with Crippen molar-refractivity contribution in [2.24, 2.45) is 0 Å². The Morgan fingerprint density at radius 3 is 2.41 bits per heavy atom. The fourth-order valence-corrected chi connectivity index (χ4v) is 3.35. The predicted octanol–water partition coefficient (Wildman–Crippen LogP) is 5.38. The van der Waals surface area contributed by atoms with Crippen molar-refractivity contribution in [3.8, 4) is 11.3 Å². The molecule has 29 heavy (non-hydrogen) atoms. The van der Waals surface area contributed by atoms with Crippen molar-refractivity contribution in [1.82, 2.24) is 4.98 Å². The van der Waals surface area contributed by atoms with Gasteiger partial charge in [0.15, 0.2) is 0 Å². The lowest BCUT2D eigenvalue weighted by molar-refractivity contribution is 0.0697. The SMILES string of the molecule is CN(Cc1ccccc1)c1cc2cc(C(=O)O)ccc2nc1-c1ccc(F)cc1. The van der Waals surface area contributed by atoms with Gasteiger partial charge in [-0.05, 0) is 54.1 Å².